The predicted octanol–water partition coefficient (Wildman–Crippen LogP) is 8.67. The first kappa shape index (κ1) is 22.0. The molecule has 0 amide bonds. The molecule has 0 heteroatoms. The molecular weight excluding hydrogens is 336 g/mol. The predicted molar refractivity (Wildman–Crippen MR) is 127 cm³/mol. The van der Waals surface area contributed by atoms with Crippen molar-refractivity contribution in [3.8, 4) is 11.1 Å². The molecule has 28 heavy (non-hydrogen) atoms. The van der Waals surface area contributed by atoms with E-state index in [1.54, 1.807) is 0 Å². The average Bonchev–Trinajstić information content (AvgIpc) is 2.63. The van der Waals surface area contributed by atoms with Crippen molar-refractivity contribution in [3.05, 3.63) is 91.0 Å². The number of benzene rings is 2. The largest absolute Gasteiger partial charge is 0.0990 e. The van der Waals surface area contributed by atoms with Crippen molar-refractivity contribution in [1.82, 2.24) is 0 Å². The second-order valence-electron chi connectivity index (χ2n) is 9.92. The highest BCUT2D eigenvalue weighted by atomic mass is 14.4. The van der Waals surface area contributed by atoms with Gasteiger partial charge in [-0.25, -0.2) is 0 Å². The van der Waals surface area contributed by atoms with Gasteiger partial charge in [0, 0.05) is 0 Å². The van der Waals surface area contributed by atoms with Crippen LogP contribution in [0.5, 0.6) is 0 Å². The SMILES string of the molecule is C=C/C=C(\C=C)c1cc(C(CC(C)(C)C)C(C)(C)C)ccc1-c1ccccc1. The Kier molecular flexibility index (Phi) is 6.88. The molecule has 148 valence electrons. The minimum Gasteiger partial charge on any atom is -0.0990 e. The van der Waals surface area contributed by atoms with E-state index in [4.69, 9.17) is 0 Å². The molecule has 0 aromatic heterocycles. The van der Waals surface area contributed by atoms with Crippen LogP contribution in [-0.4, -0.2) is 0 Å². The summed E-state index contributed by atoms with van der Waals surface area (Å²) >= 11 is 0. The standard InChI is InChI=1S/C28H36/c1-9-14-21(10-2)25-19-23(26(28(6,7)8)20-27(3,4)5)17-18-24(25)22-15-12-11-13-16-22/h9-19,26H,1-2,20H2,3-8H3/b21-14+. The normalized spacial score (nSPS) is 13.9. The molecule has 0 spiro atoms. The van der Waals surface area contributed by atoms with E-state index in [2.05, 4.69) is 109 Å². The van der Waals surface area contributed by atoms with Crippen molar-refractivity contribution in [2.24, 2.45) is 10.8 Å². The van der Waals surface area contributed by atoms with Crippen LogP contribution in [0, 0.1) is 10.8 Å². The summed E-state index contributed by atoms with van der Waals surface area (Å²) < 4.78 is 0. The van der Waals surface area contributed by atoms with Crippen LogP contribution in [-0.2, 0) is 0 Å². The van der Waals surface area contributed by atoms with Gasteiger partial charge in [0.15, 0.2) is 0 Å². The lowest BCUT2D eigenvalue weighted by molar-refractivity contribution is 0.229. The maximum Gasteiger partial charge on any atom is -0.0103 e. The second kappa shape index (κ2) is 8.78. The van der Waals surface area contributed by atoms with E-state index < -0.39 is 0 Å². The van der Waals surface area contributed by atoms with Crippen molar-refractivity contribution in [2.75, 3.05) is 0 Å². The summed E-state index contributed by atoms with van der Waals surface area (Å²) in [6.07, 6.45) is 6.97. The smallest absolute Gasteiger partial charge is 0.0103 e. The third-order valence-electron chi connectivity index (χ3n) is 5.22. The Hall–Kier alpha value is -2.34. The van der Waals surface area contributed by atoms with Crippen molar-refractivity contribution in [3.63, 3.8) is 0 Å². The first-order valence-corrected chi connectivity index (χ1v) is 10.2. The maximum atomic E-state index is 4.06. The van der Waals surface area contributed by atoms with Gasteiger partial charge in [-0.05, 0) is 51.0 Å². The van der Waals surface area contributed by atoms with Crippen LogP contribution in [0.25, 0.3) is 16.7 Å². The fourth-order valence-electron chi connectivity index (χ4n) is 3.82. The summed E-state index contributed by atoms with van der Waals surface area (Å²) in [4.78, 5) is 0. The van der Waals surface area contributed by atoms with Gasteiger partial charge in [0.25, 0.3) is 0 Å². The maximum absolute atomic E-state index is 4.06. The summed E-state index contributed by atoms with van der Waals surface area (Å²) in [6, 6.07) is 17.6. The molecule has 2 aromatic rings. The molecule has 0 fully saturated rings. The van der Waals surface area contributed by atoms with Crippen LogP contribution < -0.4 is 0 Å². The molecule has 2 rings (SSSR count). The number of allylic oxidation sites excluding steroid dienone is 4. The molecule has 0 nitrogen and oxygen atoms in total. The zero-order chi connectivity index (χ0) is 20.9. The summed E-state index contributed by atoms with van der Waals surface area (Å²) in [7, 11) is 0. The van der Waals surface area contributed by atoms with E-state index in [9.17, 15) is 0 Å². The highest BCUT2D eigenvalue weighted by molar-refractivity contribution is 5.86. The summed E-state index contributed by atoms with van der Waals surface area (Å²) in [5.41, 5.74) is 6.66. The lowest BCUT2D eigenvalue weighted by atomic mass is 9.68. The molecule has 0 saturated carbocycles. The summed E-state index contributed by atoms with van der Waals surface area (Å²) in [5, 5.41) is 0. The van der Waals surface area contributed by atoms with E-state index in [1.807, 2.05) is 12.2 Å². The van der Waals surface area contributed by atoms with E-state index in [0.717, 1.165) is 12.0 Å². The lowest BCUT2D eigenvalue weighted by Gasteiger charge is -2.36. The molecule has 0 bridgehead atoms. The highest BCUT2D eigenvalue weighted by Crippen LogP contribution is 2.44. The van der Waals surface area contributed by atoms with Crippen LogP contribution in [0.3, 0.4) is 0 Å². The molecule has 2 aromatic carbocycles. The van der Waals surface area contributed by atoms with Gasteiger partial charge in [0.1, 0.15) is 0 Å². The van der Waals surface area contributed by atoms with Crippen LogP contribution >= 0.6 is 0 Å². The Bertz CT molecular complexity index is 836. The number of rotatable bonds is 6. The third-order valence-corrected chi connectivity index (χ3v) is 5.22. The number of hydrogen-bond acceptors (Lipinski definition) is 0. The monoisotopic (exact) mass is 372 g/mol. The lowest BCUT2D eigenvalue weighted by Crippen LogP contribution is -2.24. The van der Waals surface area contributed by atoms with Crippen molar-refractivity contribution in [2.45, 2.75) is 53.9 Å². The van der Waals surface area contributed by atoms with Gasteiger partial charge in [-0.1, -0.05) is 121 Å². The Labute approximate surface area is 172 Å². The van der Waals surface area contributed by atoms with Gasteiger partial charge < -0.3 is 0 Å². The van der Waals surface area contributed by atoms with E-state index in [0.29, 0.717) is 5.92 Å². The van der Waals surface area contributed by atoms with Gasteiger partial charge in [-0.15, -0.1) is 0 Å². The number of hydrogen-bond donors (Lipinski definition) is 0. The zero-order valence-corrected chi connectivity index (χ0v) is 18.5. The molecule has 1 unspecified atom stereocenters. The van der Waals surface area contributed by atoms with Crippen molar-refractivity contribution < 1.29 is 0 Å². The first-order chi connectivity index (χ1) is 13.1. The van der Waals surface area contributed by atoms with Gasteiger partial charge in [-0.3, -0.25) is 0 Å². The van der Waals surface area contributed by atoms with Crippen LogP contribution in [0.15, 0.2) is 79.9 Å². The molecule has 0 heterocycles. The minimum absolute atomic E-state index is 0.190. The molecule has 0 aliphatic heterocycles. The Morgan fingerprint density at radius 1 is 0.929 bits per heavy atom. The molecule has 0 aliphatic carbocycles. The van der Waals surface area contributed by atoms with Gasteiger partial charge in [0.05, 0.1) is 0 Å². The van der Waals surface area contributed by atoms with Crippen LogP contribution in [0.4, 0.5) is 0 Å². The molecule has 0 radical (unpaired) electrons. The van der Waals surface area contributed by atoms with Crippen molar-refractivity contribution >= 4 is 5.57 Å². The molecule has 1 atom stereocenters. The molecule has 0 N–H and O–H groups in total. The summed E-state index contributed by atoms with van der Waals surface area (Å²) in [5.74, 6) is 0.478. The minimum atomic E-state index is 0.190. The quantitative estimate of drug-likeness (QED) is 0.445. The van der Waals surface area contributed by atoms with Gasteiger partial charge >= 0.3 is 0 Å². The van der Waals surface area contributed by atoms with Gasteiger partial charge in [0.2, 0.25) is 0 Å². The highest BCUT2D eigenvalue weighted by Gasteiger charge is 2.30. The van der Waals surface area contributed by atoms with Crippen molar-refractivity contribution in [1.29, 1.82) is 0 Å². The third kappa shape index (κ3) is 5.58. The molecule has 0 aliphatic rings. The Morgan fingerprint density at radius 3 is 2.07 bits per heavy atom. The topological polar surface area (TPSA) is 0 Å². The molecule has 0 saturated heterocycles. The van der Waals surface area contributed by atoms with E-state index >= 15 is 0 Å². The first-order valence-electron chi connectivity index (χ1n) is 10.2. The molecular formula is C28H36. The average molecular weight is 373 g/mol. The Morgan fingerprint density at radius 2 is 1.57 bits per heavy atom. The van der Waals surface area contributed by atoms with Crippen LogP contribution in [0.1, 0.15) is 65.0 Å². The van der Waals surface area contributed by atoms with E-state index in [1.165, 1.54) is 22.3 Å². The fourth-order valence-corrected chi connectivity index (χ4v) is 3.82. The second-order valence-corrected chi connectivity index (χ2v) is 9.92. The fraction of sp³-hybridized carbons (Fsp3) is 0.357. The zero-order valence-electron chi connectivity index (χ0n) is 18.5. The Balaban J connectivity index is 2.69. The van der Waals surface area contributed by atoms with Gasteiger partial charge in [-0.2, -0.15) is 0 Å². The summed E-state index contributed by atoms with van der Waals surface area (Å²) in [6.45, 7) is 22.0. The van der Waals surface area contributed by atoms with E-state index in [-0.39, 0.29) is 10.8 Å². The van der Waals surface area contributed by atoms with Crippen LogP contribution in [0.2, 0.25) is 0 Å².